The molecule has 4 heteroatoms. The topological polar surface area (TPSA) is 64.7 Å². The Morgan fingerprint density at radius 2 is 1.92 bits per heavy atom. The molecule has 13 heavy (non-hydrogen) atoms. The number of phenolic OH excluding ortho intramolecular Hbond substituents is 1. The van der Waals surface area contributed by atoms with Crippen LogP contribution >= 0.6 is 0 Å². The van der Waals surface area contributed by atoms with Crippen molar-refractivity contribution in [2.24, 2.45) is 0 Å². The van der Waals surface area contributed by atoms with Gasteiger partial charge in [-0.1, -0.05) is 0 Å². The quantitative estimate of drug-likeness (QED) is 0.535. The molecule has 1 rings (SSSR count). The number of anilines is 1. The number of nitrogens with two attached hydrogens (primary N) is 1. The van der Waals surface area contributed by atoms with E-state index in [1.807, 2.05) is 0 Å². The van der Waals surface area contributed by atoms with Crippen LogP contribution < -0.4 is 15.2 Å². The number of nitrogen functional groups attached to an aromatic ring is 1. The third kappa shape index (κ3) is 1.47. The van der Waals surface area contributed by atoms with E-state index < -0.39 is 0 Å². The highest BCUT2D eigenvalue weighted by molar-refractivity contribution is 5.65. The molecule has 0 aliphatic heterocycles. The molecule has 72 valence electrons. The zero-order valence-electron chi connectivity index (χ0n) is 7.92. The second kappa shape index (κ2) is 3.43. The van der Waals surface area contributed by atoms with Gasteiger partial charge < -0.3 is 20.3 Å². The van der Waals surface area contributed by atoms with Crippen molar-refractivity contribution in [1.29, 1.82) is 0 Å². The first kappa shape index (κ1) is 9.51. The first-order valence-electron chi connectivity index (χ1n) is 3.81. The molecular formula is C9H13NO3. The van der Waals surface area contributed by atoms with E-state index >= 15 is 0 Å². The molecule has 1 aromatic carbocycles. The maximum atomic E-state index is 9.59. The van der Waals surface area contributed by atoms with E-state index in [4.69, 9.17) is 15.2 Å². The lowest BCUT2D eigenvalue weighted by Gasteiger charge is -2.12. The summed E-state index contributed by atoms with van der Waals surface area (Å²) in [5.74, 6) is 0.661. The first-order chi connectivity index (χ1) is 6.11. The summed E-state index contributed by atoms with van der Waals surface area (Å²) in [5, 5.41) is 9.59. The number of aromatic hydroxyl groups is 1. The predicted molar refractivity (Wildman–Crippen MR) is 50.4 cm³/mol. The molecule has 0 bridgehead atoms. The van der Waals surface area contributed by atoms with E-state index in [0.29, 0.717) is 22.7 Å². The number of hydrogen-bond acceptors (Lipinski definition) is 4. The van der Waals surface area contributed by atoms with Gasteiger partial charge in [0.05, 0.1) is 14.2 Å². The Kier molecular flexibility index (Phi) is 2.51. The fourth-order valence-corrected chi connectivity index (χ4v) is 1.14. The normalized spacial score (nSPS) is 9.77. The van der Waals surface area contributed by atoms with Crippen LogP contribution in [-0.4, -0.2) is 19.3 Å². The van der Waals surface area contributed by atoms with Crippen LogP contribution in [0.1, 0.15) is 5.56 Å². The molecular weight excluding hydrogens is 170 g/mol. The lowest BCUT2D eigenvalue weighted by Crippen LogP contribution is -1.96. The molecule has 0 fully saturated rings. The van der Waals surface area contributed by atoms with Gasteiger partial charge in [0.2, 0.25) is 5.75 Å². The van der Waals surface area contributed by atoms with Crippen LogP contribution in [0.25, 0.3) is 0 Å². The van der Waals surface area contributed by atoms with Gasteiger partial charge in [0.15, 0.2) is 11.5 Å². The fraction of sp³-hybridized carbons (Fsp3) is 0.333. The van der Waals surface area contributed by atoms with Crippen molar-refractivity contribution in [3.8, 4) is 17.2 Å². The van der Waals surface area contributed by atoms with Gasteiger partial charge in [-0.3, -0.25) is 0 Å². The Morgan fingerprint density at radius 1 is 1.31 bits per heavy atom. The zero-order valence-corrected chi connectivity index (χ0v) is 7.92. The summed E-state index contributed by atoms with van der Waals surface area (Å²) in [4.78, 5) is 0. The molecule has 0 radical (unpaired) electrons. The van der Waals surface area contributed by atoms with Crippen LogP contribution in [-0.2, 0) is 0 Å². The number of phenols is 1. The van der Waals surface area contributed by atoms with Crippen LogP contribution in [0.5, 0.6) is 17.2 Å². The fourth-order valence-electron chi connectivity index (χ4n) is 1.14. The van der Waals surface area contributed by atoms with Gasteiger partial charge in [-0.05, 0) is 6.92 Å². The molecule has 0 spiro atoms. The summed E-state index contributed by atoms with van der Waals surface area (Å²) in [6.45, 7) is 1.77. The molecule has 0 atom stereocenters. The summed E-state index contributed by atoms with van der Waals surface area (Å²) < 4.78 is 9.90. The minimum atomic E-state index is -0.0169. The summed E-state index contributed by atoms with van der Waals surface area (Å²) in [5.41, 5.74) is 6.91. The van der Waals surface area contributed by atoms with E-state index in [2.05, 4.69) is 0 Å². The summed E-state index contributed by atoms with van der Waals surface area (Å²) in [6, 6.07) is 1.56. The maximum Gasteiger partial charge on any atom is 0.201 e. The van der Waals surface area contributed by atoms with Crippen molar-refractivity contribution >= 4 is 5.69 Å². The zero-order chi connectivity index (χ0) is 10.0. The smallest absolute Gasteiger partial charge is 0.201 e. The minimum absolute atomic E-state index is 0.0169. The Balaban J connectivity index is 3.39. The van der Waals surface area contributed by atoms with Crippen LogP contribution in [0, 0.1) is 6.92 Å². The second-order valence-electron chi connectivity index (χ2n) is 2.67. The van der Waals surface area contributed by atoms with Crippen molar-refractivity contribution in [3.05, 3.63) is 11.6 Å². The SMILES string of the molecule is COc1cc(N)c(C)c(OC)c1O. The van der Waals surface area contributed by atoms with Crippen LogP contribution in [0.2, 0.25) is 0 Å². The van der Waals surface area contributed by atoms with Crippen LogP contribution in [0.4, 0.5) is 5.69 Å². The van der Waals surface area contributed by atoms with Gasteiger partial charge >= 0.3 is 0 Å². The van der Waals surface area contributed by atoms with Gasteiger partial charge in [-0.15, -0.1) is 0 Å². The molecule has 0 heterocycles. The van der Waals surface area contributed by atoms with Gasteiger partial charge in [0.1, 0.15) is 0 Å². The number of methoxy groups -OCH3 is 2. The van der Waals surface area contributed by atoms with Crippen molar-refractivity contribution in [2.75, 3.05) is 20.0 Å². The monoisotopic (exact) mass is 183 g/mol. The van der Waals surface area contributed by atoms with E-state index in [-0.39, 0.29) is 5.75 Å². The highest BCUT2D eigenvalue weighted by Gasteiger charge is 2.14. The van der Waals surface area contributed by atoms with E-state index in [1.54, 1.807) is 13.0 Å². The van der Waals surface area contributed by atoms with Crippen molar-refractivity contribution in [2.45, 2.75) is 6.92 Å². The summed E-state index contributed by atoms with van der Waals surface area (Å²) in [7, 11) is 2.93. The Bertz CT molecular complexity index is 323. The molecule has 0 aliphatic rings. The van der Waals surface area contributed by atoms with Gasteiger partial charge in [0.25, 0.3) is 0 Å². The van der Waals surface area contributed by atoms with Crippen molar-refractivity contribution < 1.29 is 14.6 Å². The molecule has 0 saturated heterocycles. The molecule has 4 nitrogen and oxygen atoms in total. The Morgan fingerprint density at radius 3 is 2.38 bits per heavy atom. The molecule has 0 aromatic heterocycles. The van der Waals surface area contributed by atoms with Crippen LogP contribution in [0.3, 0.4) is 0 Å². The first-order valence-corrected chi connectivity index (χ1v) is 3.81. The lowest BCUT2D eigenvalue weighted by atomic mass is 10.1. The van der Waals surface area contributed by atoms with Gasteiger partial charge in [0, 0.05) is 17.3 Å². The average molecular weight is 183 g/mol. The van der Waals surface area contributed by atoms with Crippen molar-refractivity contribution in [1.82, 2.24) is 0 Å². The third-order valence-corrected chi connectivity index (χ3v) is 1.93. The van der Waals surface area contributed by atoms with Gasteiger partial charge in [-0.25, -0.2) is 0 Å². The molecule has 0 saturated carbocycles. The molecule has 0 aliphatic carbocycles. The van der Waals surface area contributed by atoms with Crippen molar-refractivity contribution in [3.63, 3.8) is 0 Å². The van der Waals surface area contributed by atoms with Crippen LogP contribution in [0.15, 0.2) is 6.07 Å². The standard InChI is InChI=1S/C9H13NO3/c1-5-6(10)4-7(12-2)8(11)9(5)13-3/h4,11H,10H2,1-3H3. The predicted octanol–water partition coefficient (Wildman–Crippen LogP) is 1.30. The molecule has 3 N–H and O–H groups in total. The van der Waals surface area contributed by atoms with E-state index in [1.165, 1.54) is 14.2 Å². The van der Waals surface area contributed by atoms with E-state index in [9.17, 15) is 5.11 Å². The number of hydrogen-bond donors (Lipinski definition) is 2. The summed E-state index contributed by atoms with van der Waals surface area (Å²) in [6.07, 6.45) is 0. The number of rotatable bonds is 2. The number of ether oxygens (including phenoxy) is 2. The Hall–Kier alpha value is -1.58. The molecule has 0 unspecified atom stereocenters. The molecule has 1 aromatic rings. The lowest BCUT2D eigenvalue weighted by molar-refractivity contribution is 0.338. The highest BCUT2D eigenvalue weighted by atomic mass is 16.5. The largest absolute Gasteiger partial charge is 0.502 e. The summed E-state index contributed by atoms with van der Waals surface area (Å²) >= 11 is 0. The highest BCUT2D eigenvalue weighted by Crippen LogP contribution is 2.41. The molecule has 0 amide bonds. The van der Waals surface area contributed by atoms with Gasteiger partial charge in [-0.2, -0.15) is 0 Å². The second-order valence-corrected chi connectivity index (χ2v) is 2.67. The third-order valence-electron chi connectivity index (χ3n) is 1.93. The minimum Gasteiger partial charge on any atom is -0.502 e. The Labute approximate surface area is 76.9 Å². The number of benzene rings is 1. The maximum absolute atomic E-state index is 9.59. The average Bonchev–Trinajstić information content (AvgIpc) is 2.12. The van der Waals surface area contributed by atoms with E-state index in [0.717, 1.165) is 0 Å².